The minimum Gasteiger partial charge on any atom is -0.493 e. The van der Waals surface area contributed by atoms with E-state index in [0.717, 1.165) is 10.8 Å². The first kappa shape index (κ1) is 18.2. The summed E-state index contributed by atoms with van der Waals surface area (Å²) in [5.74, 6) is 1.55. The number of aromatic nitrogens is 1. The van der Waals surface area contributed by atoms with Gasteiger partial charge in [-0.15, -0.1) is 0 Å². The zero-order valence-corrected chi connectivity index (χ0v) is 15.1. The van der Waals surface area contributed by atoms with Crippen molar-refractivity contribution >= 4 is 28.6 Å². The van der Waals surface area contributed by atoms with Crippen LogP contribution in [0.4, 0.5) is 5.69 Å². The number of non-ortho nitro benzene ring substituents is 1. The van der Waals surface area contributed by atoms with Crippen LogP contribution in [0.1, 0.15) is 11.3 Å². The zero-order valence-electron chi connectivity index (χ0n) is 15.1. The van der Waals surface area contributed by atoms with Gasteiger partial charge in [-0.05, 0) is 29.2 Å². The van der Waals surface area contributed by atoms with Crippen LogP contribution in [0.5, 0.6) is 17.2 Å². The van der Waals surface area contributed by atoms with Crippen molar-refractivity contribution < 1.29 is 19.1 Å². The van der Waals surface area contributed by atoms with Gasteiger partial charge in [0.25, 0.3) is 5.69 Å². The Bertz CT molecular complexity index is 1030. The highest BCUT2D eigenvalue weighted by Gasteiger charge is 2.18. The molecule has 7 nitrogen and oxygen atoms in total. The van der Waals surface area contributed by atoms with Crippen molar-refractivity contribution in [3.05, 3.63) is 64.0 Å². The van der Waals surface area contributed by atoms with E-state index >= 15 is 0 Å². The lowest BCUT2D eigenvalue weighted by molar-refractivity contribution is -0.384. The molecule has 0 radical (unpaired) electrons. The van der Waals surface area contributed by atoms with Crippen LogP contribution in [0.2, 0.25) is 0 Å². The molecule has 0 N–H and O–H groups in total. The largest absolute Gasteiger partial charge is 0.493 e. The highest BCUT2D eigenvalue weighted by atomic mass is 16.6. The molecule has 7 heteroatoms. The molecule has 0 unspecified atom stereocenters. The molecule has 138 valence electrons. The molecule has 0 amide bonds. The van der Waals surface area contributed by atoms with Gasteiger partial charge in [-0.1, -0.05) is 18.2 Å². The van der Waals surface area contributed by atoms with Crippen molar-refractivity contribution in [2.45, 2.75) is 0 Å². The van der Waals surface area contributed by atoms with Gasteiger partial charge >= 0.3 is 0 Å². The lowest BCUT2D eigenvalue weighted by Crippen LogP contribution is -1.97. The second-order valence-corrected chi connectivity index (χ2v) is 5.63. The molecule has 3 aromatic rings. The molecular formula is C20H18N2O5. The van der Waals surface area contributed by atoms with Gasteiger partial charge < -0.3 is 14.2 Å². The highest BCUT2D eigenvalue weighted by molar-refractivity contribution is 5.99. The number of benzene rings is 2. The summed E-state index contributed by atoms with van der Waals surface area (Å²) < 4.78 is 16.4. The Labute approximate surface area is 156 Å². The normalized spacial score (nSPS) is 10.9. The van der Waals surface area contributed by atoms with Crippen LogP contribution in [-0.4, -0.2) is 31.2 Å². The van der Waals surface area contributed by atoms with Crippen LogP contribution in [0.25, 0.3) is 22.9 Å². The smallest absolute Gasteiger partial charge is 0.270 e. The number of rotatable bonds is 6. The maximum atomic E-state index is 10.9. The van der Waals surface area contributed by atoms with Crippen LogP contribution in [0.3, 0.4) is 0 Å². The molecule has 0 aliphatic rings. The van der Waals surface area contributed by atoms with Gasteiger partial charge in [0.05, 0.1) is 37.3 Å². The third kappa shape index (κ3) is 3.52. The molecule has 0 saturated carbocycles. The summed E-state index contributed by atoms with van der Waals surface area (Å²) in [6, 6.07) is 10.1. The van der Waals surface area contributed by atoms with Gasteiger partial charge in [0, 0.05) is 18.3 Å². The zero-order chi connectivity index (χ0) is 19.4. The van der Waals surface area contributed by atoms with E-state index in [1.807, 2.05) is 12.1 Å². The van der Waals surface area contributed by atoms with E-state index in [9.17, 15) is 10.1 Å². The number of methoxy groups -OCH3 is 3. The molecule has 3 rings (SSSR count). The van der Waals surface area contributed by atoms with Crippen LogP contribution in [0, 0.1) is 10.1 Å². The first-order chi connectivity index (χ1) is 13.1. The Balaban J connectivity index is 2.15. The van der Waals surface area contributed by atoms with Crippen LogP contribution < -0.4 is 14.2 Å². The number of nitro groups is 1. The predicted molar refractivity (Wildman–Crippen MR) is 103 cm³/mol. The molecule has 0 aliphatic heterocycles. The Morgan fingerprint density at radius 2 is 1.78 bits per heavy atom. The van der Waals surface area contributed by atoms with Crippen LogP contribution in [0.15, 0.2) is 42.6 Å². The van der Waals surface area contributed by atoms with Crippen molar-refractivity contribution in [3.8, 4) is 17.2 Å². The predicted octanol–water partition coefficient (Wildman–Crippen LogP) is 4.34. The Kier molecular flexibility index (Phi) is 5.21. The summed E-state index contributed by atoms with van der Waals surface area (Å²) in [6.07, 6.45) is 5.24. The monoisotopic (exact) mass is 366 g/mol. The molecule has 0 fully saturated rings. The molecule has 0 aliphatic carbocycles. The summed E-state index contributed by atoms with van der Waals surface area (Å²) in [5, 5.41) is 12.6. The third-order valence-corrected chi connectivity index (χ3v) is 4.10. The lowest BCUT2D eigenvalue weighted by atomic mass is 10.1. The molecule has 27 heavy (non-hydrogen) atoms. The van der Waals surface area contributed by atoms with E-state index in [1.165, 1.54) is 12.1 Å². The molecule has 0 spiro atoms. The summed E-state index contributed by atoms with van der Waals surface area (Å²) in [6.45, 7) is 0. The van der Waals surface area contributed by atoms with Gasteiger partial charge in [0.2, 0.25) is 5.75 Å². The summed E-state index contributed by atoms with van der Waals surface area (Å²) in [4.78, 5) is 14.9. The summed E-state index contributed by atoms with van der Waals surface area (Å²) in [7, 11) is 4.66. The fourth-order valence-corrected chi connectivity index (χ4v) is 2.88. The van der Waals surface area contributed by atoms with E-state index in [2.05, 4.69) is 4.98 Å². The van der Waals surface area contributed by atoms with E-state index in [4.69, 9.17) is 14.2 Å². The average molecular weight is 366 g/mol. The van der Waals surface area contributed by atoms with Gasteiger partial charge in [-0.25, -0.2) is 0 Å². The molecule has 1 heterocycles. The first-order valence-corrected chi connectivity index (χ1v) is 8.09. The van der Waals surface area contributed by atoms with Crippen molar-refractivity contribution in [3.63, 3.8) is 0 Å². The number of ether oxygens (including phenoxy) is 3. The minimum atomic E-state index is -0.423. The van der Waals surface area contributed by atoms with E-state index in [-0.39, 0.29) is 5.69 Å². The molecular weight excluding hydrogens is 348 g/mol. The number of hydrogen-bond donors (Lipinski definition) is 0. The highest BCUT2D eigenvalue weighted by Crippen LogP contribution is 2.44. The minimum absolute atomic E-state index is 0.0343. The second kappa shape index (κ2) is 7.74. The van der Waals surface area contributed by atoms with E-state index in [1.54, 1.807) is 51.8 Å². The van der Waals surface area contributed by atoms with Crippen molar-refractivity contribution in [2.24, 2.45) is 0 Å². The molecule has 0 saturated heterocycles. The first-order valence-electron chi connectivity index (χ1n) is 8.09. The Hall–Kier alpha value is -3.61. The van der Waals surface area contributed by atoms with Crippen molar-refractivity contribution in [1.29, 1.82) is 0 Å². The van der Waals surface area contributed by atoms with Gasteiger partial charge in [-0.3, -0.25) is 15.1 Å². The van der Waals surface area contributed by atoms with Crippen molar-refractivity contribution in [1.82, 2.24) is 4.98 Å². The van der Waals surface area contributed by atoms with Crippen molar-refractivity contribution in [2.75, 3.05) is 21.3 Å². The van der Waals surface area contributed by atoms with Crippen LogP contribution in [-0.2, 0) is 0 Å². The lowest BCUT2D eigenvalue weighted by Gasteiger charge is -2.15. The Morgan fingerprint density at radius 1 is 1.00 bits per heavy atom. The SMILES string of the molecule is COc1cc2ccnc(/C=C/c3cccc([N+](=O)[O-])c3)c2c(OC)c1OC. The molecule has 0 bridgehead atoms. The molecule has 0 atom stereocenters. The number of nitrogens with zero attached hydrogens (tertiary/aromatic N) is 2. The molecule has 2 aromatic carbocycles. The standard InChI is InChI=1S/C20H18N2O5/c1-25-17-12-14-9-10-21-16(18(14)20(27-3)19(17)26-2)8-7-13-5-4-6-15(11-13)22(23)24/h4-12H,1-3H3/b8-7+. The number of fused-ring (bicyclic) bond motifs is 1. The van der Waals surface area contributed by atoms with E-state index in [0.29, 0.717) is 28.5 Å². The topological polar surface area (TPSA) is 83.7 Å². The number of nitro benzene ring substituents is 1. The fourth-order valence-electron chi connectivity index (χ4n) is 2.88. The fraction of sp³-hybridized carbons (Fsp3) is 0.150. The quantitative estimate of drug-likeness (QED) is 0.477. The Morgan fingerprint density at radius 3 is 2.44 bits per heavy atom. The third-order valence-electron chi connectivity index (χ3n) is 4.10. The number of hydrogen-bond acceptors (Lipinski definition) is 6. The van der Waals surface area contributed by atoms with Crippen LogP contribution >= 0.6 is 0 Å². The van der Waals surface area contributed by atoms with Gasteiger partial charge in [0.1, 0.15) is 0 Å². The number of pyridine rings is 1. The van der Waals surface area contributed by atoms with E-state index < -0.39 is 4.92 Å². The average Bonchev–Trinajstić information content (AvgIpc) is 2.70. The maximum absolute atomic E-state index is 10.9. The summed E-state index contributed by atoms with van der Waals surface area (Å²) >= 11 is 0. The maximum Gasteiger partial charge on any atom is 0.270 e. The van der Waals surface area contributed by atoms with Gasteiger partial charge in [-0.2, -0.15) is 0 Å². The van der Waals surface area contributed by atoms with Gasteiger partial charge in [0.15, 0.2) is 11.5 Å². The second-order valence-electron chi connectivity index (χ2n) is 5.63. The molecule has 1 aromatic heterocycles. The summed E-state index contributed by atoms with van der Waals surface area (Å²) in [5.41, 5.74) is 1.38.